The highest BCUT2D eigenvalue weighted by Crippen LogP contribution is 2.38. The number of nitrogens with two attached hydrogens (primary N) is 1. The van der Waals surface area contributed by atoms with Crippen LogP contribution in [0.4, 0.5) is 22.0 Å². The number of alkyl halides is 5. The van der Waals surface area contributed by atoms with Crippen LogP contribution in [0.1, 0.15) is 28.9 Å². The van der Waals surface area contributed by atoms with E-state index in [1.165, 1.54) is 0 Å². The molecule has 0 aliphatic rings. The normalized spacial score (nSPS) is 11.9. The Morgan fingerprint density at radius 1 is 1.42 bits per heavy atom. The van der Waals surface area contributed by atoms with Crippen molar-refractivity contribution in [1.29, 1.82) is 0 Å². The van der Waals surface area contributed by atoms with E-state index in [1.54, 1.807) is 0 Å². The first-order valence-corrected chi connectivity index (χ1v) is 4.96. The van der Waals surface area contributed by atoms with Crippen molar-refractivity contribution in [3.8, 4) is 0 Å². The second-order valence-electron chi connectivity index (χ2n) is 3.60. The minimum atomic E-state index is -5.03. The van der Waals surface area contributed by atoms with Gasteiger partial charge in [-0.15, -0.1) is 0 Å². The maximum Gasteiger partial charge on any atom is 0.418 e. The number of aliphatic carboxylic acids is 1. The molecular formula is C10H9F5N2O2. The molecule has 19 heavy (non-hydrogen) atoms. The second-order valence-corrected chi connectivity index (χ2v) is 3.60. The number of carbonyl (C=O) groups is 1. The summed E-state index contributed by atoms with van der Waals surface area (Å²) in [5.74, 6) is -1.39. The van der Waals surface area contributed by atoms with Crippen LogP contribution in [0.25, 0.3) is 0 Å². The third kappa shape index (κ3) is 3.60. The molecule has 0 saturated carbocycles. The highest BCUT2D eigenvalue weighted by Gasteiger charge is 2.39. The van der Waals surface area contributed by atoms with Crippen LogP contribution in [0.3, 0.4) is 0 Å². The van der Waals surface area contributed by atoms with E-state index in [9.17, 15) is 26.7 Å². The zero-order valence-electron chi connectivity index (χ0n) is 9.34. The minimum absolute atomic E-state index is 0.392. The molecule has 106 valence electrons. The maximum atomic E-state index is 12.7. The summed E-state index contributed by atoms with van der Waals surface area (Å²) < 4.78 is 63.5. The van der Waals surface area contributed by atoms with Gasteiger partial charge in [0.15, 0.2) is 0 Å². The fourth-order valence-electron chi connectivity index (χ4n) is 1.57. The molecule has 1 aromatic rings. The third-order valence-electron chi connectivity index (χ3n) is 2.22. The summed E-state index contributed by atoms with van der Waals surface area (Å²) in [6.45, 7) is -0.720. The van der Waals surface area contributed by atoms with Crippen LogP contribution < -0.4 is 5.73 Å². The Bertz CT molecular complexity index is 488. The zero-order chi connectivity index (χ0) is 14.8. The molecule has 0 unspecified atom stereocenters. The number of carboxylic acids is 1. The smallest absolute Gasteiger partial charge is 0.418 e. The fraction of sp³-hybridized carbons (Fsp3) is 0.400. The zero-order valence-corrected chi connectivity index (χ0v) is 9.34. The van der Waals surface area contributed by atoms with Crippen molar-refractivity contribution in [3.05, 3.63) is 28.6 Å². The lowest BCUT2D eigenvalue weighted by atomic mass is 10.0. The summed E-state index contributed by atoms with van der Waals surface area (Å²) in [5.41, 5.74) is 0.974. The molecule has 3 N–H and O–H groups in total. The van der Waals surface area contributed by atoms with Gasteiger partial charge < -0.3 is 10.8 Å². The highest BCUT2D eigenvalue weighted by atomic mass is 19.4. The van der Waals surface area contributed by atoms with Crippen molar-refractivity contribution in [2.24, 2.45) is 5.73 Å². The molecule has 0 fully saturated rings. The summed E-state index contributed by atoms with van der Waals surface area (Å²) in [6.07, 6.45) is -9.20. The molecule has 0 saturated heterocycles. The SMILES string of the molecule is NCc1nc(CC(=O)O)cc(C(F)F)c1C(F)(F)F. The summed E-state index contributed by atoms with van der Waals surface area (Å²) >= 11 is 0. The Morgan fingerprint density at radius 3 is 2.37 bits per heavy atom. The van der Waals surface area contributed by atoms with Crippen LogP contribution in [0, 0.1) is 0 Å². The van der Waals surface area contributed by atoms with Crippen molar-refractivity contribution in [1.82, 2.24) is 4.98 Å². The van der Waals surface area contributed by atoms with E-state index in [4.69, 9.17) is 10.8 Å². The number of halogens is 5. The Hall–Kier alpha value is -1.77. The van der Waals surface area contributed by atoms with Crippen LogP contribution >= 0.6 is 0 Å². The molecule has 0 atom stereocenters. The Morgan fingerprint density at radius 2 is 2.00 bits per heavy atom. The first kappa shape index (κ1) is 15.3. The molecule has 1 heterocycles. The summed E-state index contributed by atoms with van der Waals surface area (Å²) in [6, 6.07) is 0.445. The predicted octanol–water partition coefficient (Wildman–Crippen LogP) is 2.12. The Balaban J connectivity index is 3.49. The van der Waals surface area contributed by atoms with Gasteiger partial charge in [-0.3, -0.25) is 9.78 Å². The molecular weight excluding hydrogens is 275 g/mol. The van der Waals surface area contributed by atoms with Crippen LogP contribution in [-0.2, 0) is 23.9 Å². The summed E-state index contributed by atoms with van der Waals surface area (Å²) in [7, 11) is 0. The molecule has 9 heteroatoms. The van der Waals surface area contributed by atoms with Gasteiger partial charge in [0, 0.05) is 12.1 Å². The molecule has 1 aromatic heterocycles. The first-order valence-electron chi connectivity index (χ1n) is 4.96. The lowest BCUT2D eigenvalue weighted by molar-refractivity contribution is -0.140. The van der Waals surface area contributed by atoms with E-state index in [0.717, 1.165) is 0 Å². The number of carboxylic acid groups (broad SMARTS) is 1. The molecule has 0 aliphatic heterocycles. The van der Waals surface area contributed by atoms with Gasteiger partial charge in [-0.05, 0) is 6.07 Å². The number of nitrogens with zero attached hydrogens (tertiary/aromatic N) is 1. The lowest BCUT2D eigenvalue weighted by Crippen LogP contribution is -2.19. The molecule has 0 aromatic carbocycles. The Labute approximate surface area is 104 Å². The van der Waals surface area contributed by atoms with E-state index in [1.807, 2.05) is 0 Å². The largest absolute Gasteiger partial charge is 0.481 e. The molecule has 0 bridgehead atoms. The van der Waals surface area contributed by atoms with Gasteiger partial charge in [0.05, 0.1) is 23.4 Å². The van der Waals surface area contributed by atoms with Crippen molar-refractivity contribution < 1.29 is 31.9 Å². The van der Waals surface area contributed by atoms with E-state index in [2.05, 4.69) is 4.98 Å². The number of aromatic nitrogens is 1. The van der Waals surface area contributed by atoms with E-state index in [0.29, 0.717) is 6.07 Å². The molecule has 0 spiro atoms. The van der Waals surface area contributed by atoms with Crippen LogP contribution in [-0.4, -0.2) is 16.1 Å². The number of pyridine rings is 1. The van der Waals surface area contributed by atoms with Gasteiger partial charge in [0.1, 0.15) is 0 Å². The molecule has 4 nitrogen and oxygen atoms in total. The third-order valence-corrected chi connectivity index (χ3v) is 2.22. The number of hydrogen-bond donors (Lipinski definition) is 2. The maximum absolute atomic E-state index is 12.7. The van der Waals surface area contributed by atoms with E-state index < -0.39 is 54.1 Å². The topological polar surface area (TPSA) is 76.2 Å². The van der Waals surface area contributed by atoms with Gasteiger partial charge in [-0.2, -0.15) is 13.2 Å². The number of rotatable bonds is 4. The highest BCUT2D eigenvalue weighted by molar-refractivity contribution is 5.69. The van der Waals surface area contributed by atoms with Gasteiger partial charge >= 0.3 is 12.1 Å². The fourth-order valence-corrected chi connectivity index (χ4v) is 1.57. The van der Waals surface area contributed by atoms with E-state index in [-0.39, 0.29) is 0 Å². The predicted molar refractivity (Wildman–Crippen MR) is 53.4 cm³/mol. The van der Waals surface area contributed by atoms with Crippen LogP contribution in [0.2, 0.25) is 0 Å². The van der Waals surface area contributed by atoms with Gasteiger partial charge in [-0.1, -0.05) is 0 Å². The van der Waals surface area contributed by atoms with Gasteiger partial charge in [-0.25, -0.2) is 8.78 Å². The summed E-state index contributed by atoms with van der Waals surface area (Å²) in [4.78, 5) is 13.8. The van der Waals surface area contributed by atoms with Crippen LogP contribution in [0.15, 0.2) is 6.07 Å². The first-order chi connectivity index (χ1) is 8.66. The molecule has 1 rings (SSSR count). The van der Waals surface area contributed by atoms with Crippen molar-refractivity contribution in [3.63, 3.8) is 0 Å². The average Bonchev–Trinajstić information content (AvgIpc) is 2.25. The van der Waals surface area contributed by atoms with Gasteiger partial charge in [0.2, 0.25) is 0 Å². The monoisotopic (exact) mass is 284 g/mol. The van der Waals surface area contributed by atoms with Crippen molar-refractivity contribution >= 4 is 5.97 Å². The minimum Gasteiger partial charge on any atom is -0.481 e. The molecule has 0 aliphatic carbocycles. The van der Waals surface area contributed by atoms with E-state index >= 15 is 0 Å². The standard InChI is InChI=1S/C10H9F5N2O2/c11-9(12)5-1-4(2-7(18)19)17-6(3-16)8(5)10(13,14)15/h1,9H,2-3,16H2,(H,18,19). The average molecular weight is 284 g/mol. The van der Waals surface area contributed by atoms with Crippen LogP contribution in [0.5, 0.6) is 0 Å². The summed E-state index contributed by atoms with van der Waals surface area (Å²) in [5, 5.41) is 8.51. The van der Waals surface area contributed by atoms with Gasteiger partial charge in [0.25, 0.3) is 6.43 Å². The molecule has 0 radical (unpaired) electrons. The lowest BCUT2D eigenvalue weighted by Gasteiger charge is -2.17. The quantitative estimate of drug-likeness (QED) is 0.830. The molecule has 0 amide bonds. The van der Waals surface area contributed by atoms with Crippen molar-refractivity contribution in [2.45, 2.75) is 25.6 Å². The second kappa shape index (κ2) is 5.47. The van der Waals surface area contributed by atoms with Crippen molar-refractivity contribution in [2.75, 3.05) is 0 Å². The number of hydrogen-bond acceptors (Lipinski definition) is 3. The Kier molecular flexibility index (Phi) is 4.40.